The smallest absolute Gasteiger partial charge is 0.328 e. The van der Waals surface area contributed by atoms with Crippen LogP contribution < -0.4 is 5.32 Å². The van der Waals surface area contributed by atoms with E-state index in [9.17, 15) is 9.59 Å². The molecule has 7 nitrogen and oxygen atoms in total. The molecule has 0 radical (unpaired) electrons. The number of aromatic nitrogens is 3. The molecular weight excluding hydrogens is 280 g/mol. The second kappa shape index (κ2) is 7.88. The van der Waals surface area contributed by atoms with Crippen LogP contribution in [0.4, 0.5) is 0 Å². The molecule has 1 amide bonds. The Morgan fingerprint density at radius 1 is 1.50 bits per heavy atom. The fourth-order valence-corrected chi connectivity index (χ4v) is 2.18. The molecule has 0 saturated heterocycles. The van der Waals surface area contributed by atoms with Gasteiger partial charge in [0.05, 0.1) is 12.9 Å². The normalized spacial score (nSPS) is 13.6. The van der Waals surface area contributed by atoms with Gasteiger partial charge in [-0.15, -0.1) is 5.10 Å². The number of carbonyl (C=O) groups is 2. The predicted molar refractivity (Wildman–Crippen MR) is 75.2 cm³/mol. The van der Waals surface area contributed by atoms with E-state index in [1.807, 2.05) is 13.8 Å². The molecule has 0 saturated carbocycles. The largest absolute Gasteiger partial charge is 0.467 e. The number of aromatic amines is 1. The monoisotopic (exact) mass is 300 g/mol. The first-order valence-electron chi connectivity index (χ1n) is 6.36. The van der Waals surface area contributed by atoms with Gasteiger partial charge in [0.25, 0.3) is 0 Å². The lowest BCUT2D eigenvalue weighted by atomic mass is 9.99. The molecule has 0 aromatic carbocycles. The molecule has 0 fully saturated rings. The van der Waals surface area contributed by atoms with Crippen LogP contribution in [0, 0.1) is 12.8 Å². The lowest BCUT2D eigenvalue weighted by Crippen LogP contribution is -2.46. The highest BCUT2D eigenvalue weighted by Gasteiger charge is 2.26. The first-order valence-corrected chi connectivity index (χ1v) is 7.35. The summed E-state index contributed by atoms with van der Waals surface area (Å²) in [5, 5.41) is 9.83. The first kappa shape index (κ1) is 16.5. The number of aryl methyl sites for hydroxylation is 1. The van der Waals surface area contributed by atoms with Crippen LogP contribution in [0.5, 0.6) is 0 Å². The Bertz CT molecular complexity index is 463. The van der Waals surface area contributed by atoms with Crippen LogP contribution >= 0.6 is 11.8 Å². The number of methoxy groups -OCH3 is 1. The number of ether oxygens (including phenoxy) is 1. The Hall–Kier alpha value is -1.57. The van der Waals surface area contributed by atoms with Crippen LogP contribution in [-0.2, 0) is 14.3 Å². The molecule has 0 aliphatic rings. The van der Waals surface area contributed by atoms with Gasteiger partial charge in [-0.25, -0.2) is 9.78 Å². The number of esters is 1. The highest BCUT2D eigenvalue weighted by molar-refractivity contribution is 7.99. The Kier molecular flexibility index (Phi) is 6.50. The maximum absolute atomic E-state index is 11.9. The van der Waals surface area contributed by atoms with Crippen LogP contribution in [0.1, 0.15) is 26.1 Å². The van der Waals surface area contributed by atoms with Crippen molar-refractivity contribution < 1.29 is 14.3 Å². The maximum Gasteiger partial charge on any atom is 0.328 e. The fraction of sp³-hybridized carbons (Fsp3) is 0.667. The zero-order valence-corrected chi connectivity index (χ0v) is 12.9. The van der Waals surface area contributed by atoms with E-state index < -0.39 is 12.0 Å². The Morgan fingerprint density at radius 3 is 2.70 bits per heavy atom. The van der Waals surface area contributed by atoms with Gasteiger partial charge in [-0.1, -0.05) is 32.0 Å². The molecule has 0 spiro atoms. The van der Waals surface area contributed by atoms with Crippen molar-refractivity contribution in [2.24, 2.45) is 5.92 Å². The molecule has 2 N–H and O–H groups in total. The van der Waals surface area contributed by atoms with Crippen LogP contribution in [0.2, 0.25) is 0 Å². The van der Waals surface area contributed by atoms with Gasteiger partial charge in [-0.05, 0) is 12.8 Å². The van der Waals surface area contributed by atoms with Crippen molar-refractivity contribution in [3.8, 4) is 0 Å². The van der Waals surface area contributed by atoms with Gasteiger partial charge in [-0.3, -0.25) is 9.89 Å². The van der Waals surface area contributed by atoms with Crippen molar-refractivity contribution in [2.75, 3.05) is 12.9 Å². The Labute approximate surface area is 122 Å². The summed E-state index contributed by atoms with van der Waals surface area (Å²) in [6, 6.07) is -0.619. The third kappa shape index (κ3) is 4.84. The van der Waals surface area contributed by atoms with Gasteiger partial charge in [0.15, 0.2) is 0 Å². The third-order valence-corrected chi connectivity index (χ3v) is 3.74. The molecule has 1 aromatic heterocycles. The number of carbonyl (C=O) groups excluding carboxylic acids is 2. The number of thioether (sulfide) groups is 1. The van der Waals surface area contributed by atoms with Gasteiger partial charge in [0.1, 0.15) is 11.9 Å². The molecule has 2 atom stereocenters. The zero-order valence-electron chi connectivity index (χ0n) is 12.1. The molecule has 1 aromatic rings. The average Bonchev–Trinajstić information content (AvgIpc) is 2.86. The lowest BCUT2D eigenvalue weighted by Gasteiger charge is -2.21. The minimum absolute atomic E-state index is 0.0159. The topological polar surface area (TPSA) is 97.0 Å². The number of nitrogens with one attached hydrogen (secondary N) is 2. The predicted octanol–water partition coefficient (Wildman–Crippen LogP) is 0.909. The van der Waals surface area contributed by atoms with E-state index in [2.05, 4.69) is 20.5 Å². The number of hydrogen-bond donors (Lipinski definition) is 2. The summed E-state index contributed by atoms with van der Waals surface area (Å²) in [4.78, 5) is 27.6. The summed E-state index contributed by atoms with van der Waals surface area (Å²) < 4.78 is 4.71. The fourth-order valence-electron chi connectivity index (χ4n) is 1.53. The van der Waals surface area contributed by atoms with Crippen molar-refractivity contribution in [2.45, 2.75) is 38.4 Å². The summed E-state index contributed by atoms with van der Waals surface area (Å²) >= 11 is 1.21. The molecular formula is C12H20N4O3S. The molecule has 2 unspecified atom stereocenters. The highest BCUT2D eigenvalue weighted by atomic mass is 32.2. The van der Waals surface area contributed by atoms with Gasteiger partial charge >= 0.3 is 5.97 Å². The number of amides is 1. The van der Waals surface area contributed by atoms with E-state index in [-0.39, 0.29) is 17.6 Å². The second-order valence-electron chi connectivity index (χ2n) is 4.45. The van der Waals surface area contributed by atoms with E-state index in [4.69, 9.17) is 4.74 Å². The summed E-state index contributed by atoms with van der Waals surface area (Å²) in [5.74, 6) is 0.197. The van der Waals surface area contributed by atoms with E-state index in [1.54, 1.807) is 6.92 Å². The molecule has 0 aliphatic heterocycles. The van der Waals surface area contributed by atoms with Crippen LogP contribution in [0.3, 0.4) is 0 Å². The van der Waals surface area contributed by atoms with Gasteiger partial charge < -0.3 is 10.1 Å². The van der Waals surface area contributed by atoms with Crippen molar-refractivity contribution >= 4 is 23.6 Å². The molecule has 8 heteroatoms. The number of H-pyrrole nitrogens is 1. The third-order valence-electron chi connectivity index (χ3n) is 2.89. The van der Waals surface area contributed by atoms with E-state index in [0.29, 0.717) is 11.0 Å². The average molecular weight is 300 g/mol. The second-order valence-corrected chi connectivity index (χ2v) is 5.39. The van der Waals surface area contributed by atoms with Gasteiger partial charge in [0, 0.05) is 0 Å². The van der Waals surface area contributed by atoms with Crippen molar-refractivity contribution in [1.82, 2.24) is 20.5 Å². The quantitative estimate of drug-likeness (QED) is 0.574. The van der Waals surface area contributed by atoms with Crippen molar-refractivity contribution in [1.29, 1.82) is 0 Å². The molecule has 0 aliphatic carbocycles. The Morgan fingerprint density at radius 2 is 2.20 bits per heavy atom. The Balaban J connectivity index is 2.51. The number of nitrogens with zero attached hydrogens (tertiary/aromatic N) is 2. The SMILES string of the molecule is CCC(C)C(NC(=O)CSc1n[nH]c(C)n1)C(=O)OC. The summed E-state index contributed by atoms with van der Waals surface area (Å²) in [7, 11) is 1.31. The van der Waals surface area contributed by atoms with Crippen LogP contribution in [-0.4, -0.2) is 46.0 Å². The van der Waals surface area contributed by atoms with Gasteiger partial charge in [-0.2, -0.15) is 0 Å². The number of hydrogen-bond acceptors (Lipinski definition) is 6. The van der Waals surface area contributed by atoms with Crippen molar-refractivity contribution in [3.63, 3.8) is 0 Å². The molecule has 112 valence electrons. The van der Waals surface area contributed by atoms with Crippen molar-refractivity contribution in [3.05, 3.63) is 5.82 Å². The summed E-state index contributed by atoms with van der Waals surface area (Å²) in [5.41, 5.74) is 0. The summed E-state index contributed by atoms with van der Waals surface area (Å²) in [6.07, 6.45) is 0.771. The highest BCUT2D eigenvalue weighted by Crippen LogP contribution is 2.13. The van der Waals surface area contributed by atoms with E-state index >= 15 is 0 Å². The van der Waals surface area contributed by atoms with Crippen LogP contribution in [0.15, 0.2) is 5.16 Å². The van der Waals surface area contributed by atoms with E-state index in [1.165, 1.54) is 18.9 Å². The summed E-state index contributed by atoms with van der Waals surface area (Å²) in [6.45, 7) is 5.64. The van der Waals surface area contributed by atoms with E-state index in [0.717, 1.165) is 6.42 Å². The molecule has 0 bridgehead atoms. The maximum atomic E-state index is 11.9. The minimum Gasteiger partial charge on any atom is -0.467 e. The lowest BCUT2D eigenvalue weighted by molar-refractivity contribution is -0.146. The minimum atomic E-state index is -0.619. The standard InChI is InChI=1S/C12H20N4O3S/c1-5-7(2)10(11(18)19-4)14-9(17)6-20-12-13-8(3)15-16-12/h7,10H,5-6H2,1-4H3,(H,14,17)(H,13,15,16). The number of rotatable bonds is 7. The molecule has 1 heterocycles. The van der Waals surface area contributed by atoms with Crippen LogP contribution in [0.25, 0.3) is 0 Å². The zero-order chi connectivity index (χ0) is 15.1. The molecule has 1 rings (SSSR count). The molecule has 20 heavy (non-hydrogen) atoms. The first-order chi connectivity index (χ1) is 9.47. The van der Waals surface area contributed by atoms with Gasteiger partial charge in [0.2, 0.25) is 11.1 Å².